The number of benzene rings is 1. The molecule has 150 valence electrons. The lowest BCUT2D eigenvalue weighted by atomic mass is 10.2. The molecule has 0 radical (unpaired) electrons. The summed E-state index contributed by atoms with van der Waals surface area (Å²) in [6.07, 6.45) is 4.43. The molecule has 3 N–H and O–H groups in total. The zero-order valence-corrected chi connectivity index (χ0v) is 16.9. The second-order valence-electron chi connectivity index (χ2n) is 6.45. The largest absolute Gasteiger partial charge is 0.356 e. The smallest absolute Gasteiger partial charge is 0.321 e. The zero-order valence-electron chi connectivity index (χ0n) is 15.2. The standard InChI is InChI=1S/C18H22FN5O2S2/c19-13-7-5-12(6-8-13)11-20-17-23-24-18(28-17)27-10-9-15(25)22-16(26)21-14-3-1-2-4-14/h5-8,14H,1-4,9-11H2,(H,20,23)(H2,21,22,25,26). The van der Waals surface area contributed by atoms with Crippen LogP contribution in [0.15, 0.2) is 28.6 Å². The number of anilines is 1. The number of rotatable bonds is 8. The third-order valence-corrected chi connectivity index (χ3v) is 6.28. The molecular formula is C18H22FN5O2S2. The van der Waals surface area contributed by atoms with Crippen LogP contribution in [-0.2, 0) is 11.3 Å². The highest BCUT2D eigenvalue weighted by Gasteiger charge is 2.18. The number of aromatic nitrogens is 2. The molecule has 1 saturated carbocycles. The maximum absolute atomic E-state index is 12.9. The highest BCUT2D eigenvalue weighted by atomic mass is 32.2. The van der Waals surface area contributed by atoms with Gasteiger partial charge in [0.1, 0.15) is 5.82 Å². The summed E-state index contributed by atoms with van der Waals surface area (Å²) in [4.78, 5) is 23.6. The molecule has 28 heavy (non-hydrogen) atoms. The van der Waals surface area contributed by atoms with E-state index in [1.807, 2.05) is 0 Å². The van der Waals surface area contributed by atoms with Gasteiger partial charge in [-0.3, -0.25) is 10.1 Å². The molecular weight excluding hydrogens is 401 g/mol. The van der Waals surface area contributed by atoms with Gasteiger partial charge >= 0.3 is 6.03 Å². The molecule has 0 aliphatic heterocycles. The highest BCUT2D eigenvalue weighted by molar-refractivity contribution is 8.01. The van der Waals surface area contributed by atoms with Crippen LogP contribution in [0.25, 0.3) is 0 Å². The average Bonchev–Trinajstić information content (AvgIpc) is 3.33. The van der Waals surface area contributed by atoms with Crippen LogP contribution in [0.5, 0.6) is 0 Å². The van der Waals surface area contributed by atoms with E-state index in [2.05, 4.69) is 26.1 Å². The SMILES string of the molecule is O=C(CCSc1nnc(NCc2ccc(F)cc2)s1)NC(=O)NC1CCCC1. The van der Waals surface area contributed by atoms with Crippen molar-refractivity contribution in [2.24, 2.45) is 0 Å². The number of carbonyl (C=O) groups excluding carboxylic acids is 2. The third kappa shape index (κ3) is 6.75. The second-order valence-corrected chi connectivity index (χ2v) is 8.77. The Morgan fingerprint density at radius 1 is 1.18 bits per heavy atom. The Bertz CT molecular complexity index is 794. The summed E-state index contributed by atoms with van der Waals surface area (Å²) in [5, 5.41) is 17.1. The Balaban J connectivity index is 1.33. The van der Waals surface area contributed by atoms with Crippen LogP contribution in [0.3, 0.4) is 0 Å². The second kappa shape index (κ2) is 10.4. The molecule has 0 bridgehead atoms. The number of carbonyl (C=O) groups is 2. The van der Waals surface area contributed by atoms with Crippen molar-refractivity contribution >= 4 is 40.2 Å². The summed E-state index contributed by atoms with van der Waals surface area (Å²) in [7, 11) is 0. The third-order valence-electron chi connectivity index (χ3n) is 4.26. The molecule has 1 aliphatic rings. The van der Waals surface area contributed by atoms with Gasteiger partial charge in [-0.2, -0.15) is 0 Å². The predicted molar refractivity (Wildman–Crippen MR) is 108 cm³/mol. The van der Waals surface area contributed by atoms with Gasteiger partial charge in [0, 0.05) is 24.8 Å². The van der Waals surface area contributed by atoms with Gasteiger partial charge in [0.25, 0.3) is 0 Å². The molecule has 3 rings (SSSR count). The summed E-state index contributed by atoms with van der Waals surface area (Å²) < 4.78 is 13.6. The van der Waals surface area contributed by atoms with Crippen LogP contribution in [0.4, 0.5) is 14.3 Å². The summed E-state index contributed by atoms with van der Waals surface area (Å²) in [6, 6.07) is 6.02. The summed E-state index contributed by atoms with van der Waals surface area (Å²) >= 11 is 2.80. The maximum atomic E-state index is 12.9. The van der Waals surface area contributed by atoms with E-state index in [0.29, 0.717) is 17.4 Å². The minimum atomic E-state index is -0.412. The fourth-order valence-corrected chi connectivity index (χ4v) is 4.59. The van der Waals surface area contributed by atoms with Crippen molar-refractivity contribution in [1.82, 2.24) is 20.8 Å². The van der Waals surface area contributed by atoms with E-state index in [1.54, 1.807) is 12.1 Å². The summed E-state index contributed by atoms with van der Waals surface area (Å²) in [6.45, 7) is 0.526. The first-order valence-electron chi connectivity index (χ1n) is 9.13. The van der Waals surface area contributed by atoms with Crippen molar-refractivity contribution in [3.63, 3.8) is 0 Å². The Labute approximate surface area is 170 Å². The molecule has 1 heterocycles. The van der Waals surface area contributed by atoms with Gasteiger partial charge in [-0.15, -0.1) is 10.2 Å². The molecule has 2 aromatic rings. The molecule has 10 heteroatoms. The van der Waals surface area contributed by atoms with Crippen molar-refractivity contribution in [1.29, 1.82) is 0 Å². The maximum Gasteiger partial charge on any atom is 0.321 e. The summed E-state index contributed by atoms with van der Waals surface area (Å²) in [5.41, 5.74) is 0.943. The minimum Gasteiger partial charge on any atom is -0.356 e. The van der Waals surface area contributed by atoms with E-state index in [0.717, 1.165) is 35.6 Å². The van der Waals surface area contributed by atoms with Gasteiger partial charge in [-0.05, 0) is 30.5 Å². The van der Waals surface area contributed by atoms with Gasteiger partial charge in [0.15, 0.2) is 4.34 Å². The van der Waals surface area contributed by atoms with Crippen molar-refractivity contribution in [3.05, 3.63) is 35.6 Å². The van der Waals surface area contributed by atoms with Crippen LogP contribution in [0.1, 0.15) is 37.7 Å². The number of nitrogens with one attached hydrogen (secondary N) is 3. The number of hydrogen-bond acceptors (Lipinski definition) is 7. The van der Waals surface area contributed by atoms with Gasteiger partial charge < -0.3 is 10.6 Å². The number of thioether (sulfide) groups is 1. The van der Waals surface area contributed by atoms with Gasteiger partial charge in [-0.1, -0.05) is 48.1 Å². The average molecular weight is 424 g/mol. The van der Waals surface area contributed by atoms with Gasteiger partial charge in [0.05, 0.1) is 0 Å². The van der Waals surface area contributed by atoms with E-state index in [-0.39, 0.29) is 24.2 Å². The van der Waals surface area contributed by atoms with E-state index in [9.17, 15) is 14.0 Å². The van der Waals surface area contributed by atoms with Crippen LogP contribution in [0.2, 0.25) is 0 Å². The van der Waals surface area contributed by atoms with Crippen LogP contribution in [0, 0.1) is 5.82 Å². The number of amides is 3. The molecule has 0 saturated heterocycles. The first-order valence-corrected chi connectivity index (χ1v) is 10.9. The number of hydrogen-bond donors (Lipinski definition) is 3. The lowest BCUT2D eigenvalue weighted by molar-refractivity contribution is -0.119. The first kappa shape index (κ1) is 20.5. The molecule has 1 aromatic carbocycles. The zero-order chi connectivity index (χ0) is 19.8. The topological polar surface area (TPSA) is 96.0 Å². The minimum absolute atomic E-state index is 0.185. The van der Waals surface area contributed by atoms with Crippen molar-refractivity contribution < 1.29 is 14.0 Å². The lowest BCUT2D eigenvalue weighted by Gasteiger charge is -2.11. The van der Waals surface area contributed by atoms with Crippen LogP contribution < -0.4 is 16.0 Å². The van der Waals surface area contributed by atoms with Gasteiger partial charge in [-0.25, -0.2) is 9.18 Å². The van der Waals surface area contributed by atoms with E-state index < -0.39 is 6.03 Å². The molecule has 7 nitrogen and oxygen atoms in total. The molecule has 3 amide bonds. The monoisotopic (exact) mass is 423 g/mol. The Morgan fingerprint density at radius 3 is 2.68 bits per heavy atom. The number of halogens is 1. The van der Waals surface area contributed by atoms with Crippen molar-refractivity contribution in [3.8, 4) is 0 Å². The Kier molecular flexibility index (Phi) is 7.61. The van der Waals surface area contributed by atoms with Crippen LogP contribution >= 0.6 is 23.1 Å². The van der Waals surface area contributed by atoms with E-state index in [4.69, 9.17) is 0 Å². The molecule has 0 spiro atoms. The summed E-state index contributed by atoms with van der Waals surface area (Å²) in [5.74, 6) is -0.0598. The lowest BCUT2D eigenvalue weighted by Crippen LogP contribution is -2.43. The van der Waals surface area contributed by atoms with Crippen molar-refractivity contribution in [2.75, 3.05) is 11.1 Å². The van der Waals surface area contributed by atoms with Crippen LogP contribution in [-0.4, -0.2) is 33.9 Å². The molecule has 1 aromatic heterocycles. The van der Waals surface area contributed by atoms with E-state index >= 15 is 0 Å². The number of imide groups is 1. The Hall–Kier alpha value is -2.20. The fourth-order valence-electron chi connectivity index (χ4n) is 2.83. The Morgan fingerprint density at radius 2 is 1.93 bits per heavy atom. The molecule has 0 unspecified atom stereocenters. The van der Waals surface area contributed by atoms with Crippen molar-refractivity contribution in [2.45, 2.75) is 49.0 Å². The predicted octanol–water partition coefficient (Wildman–Crippen LogP) is 3.54. The number of urea groups is 1. The number of nitrogens with zero attached hydrogens (tertiary/aromatic N) is 2. The first-order chi connectivity index (χ1) is 13.6. The fraction of sp³-hybridized carbons (Fsp3) is 0.444. The van der Waals surface area contributed by atoms with Gasteiger partial charge in [0.2, 0.25) is 11.0 Å². The van der Waals surface area contributed by atoms with E-state index in [1.165, 1.54) is 35.2 Å². The highest BCUT2D eigenvalue weighted by Crippen LogP contribution is 2.26. The molecule has 1 aliphatic carbocycles. The molecule has 1 fully saturated rings. The quantitative estimate of drug-likeness (QED) is 0.562. The molecule has 0 atom stereocenters. The normalized spacial score (nSPS) is 14.0.